The van der Waals surface area contributed by atoms with Gasteiger partial charge in [-0.25, -0.2) is 0 Å². The quantitative estimate of drug-likeness (QED) is 0.771. The lowest BCUT2D eigenvalue weighted by molar-refractivity contribution is 0.386. The van der Waals surface area contributed by atoms with Gasteiger partial charge in [0, 0.05) is 17.1 Å². The lowest BCUT2D eigenvalue weighted by Crippen LogP contribution is -2.35. The van der Waals surface area contributed by atoms with E-state index in [-0.39, 0.29) is 5.54 Å². The van der Waals surface area contributed by atoms with Crippen molar-refractivity contribution in [1.82, 2.24) is 4.98 Å². The average Bonchev–Trinajstić information content (AvgIpc) is 2.64. The fourth-order valence-corrected chi connectivity index (χ4v) is 3.03. The molecule has 0 saturated heterocycles. The molecule has 0 amide bonds. The van der Waals surface area contributed by atoms with E-state index in [0.717, 1.165) is 18.4 Å². The maximum absolute atomic E-state index is 6.65. The Balaban J connectivity index is 2.02. The molecule has 3 rings (SSSR count). The van der Waals surface area contributed by atoms with Crippen LogP contribution in [0.5, 0.6) is 0 Å². The molecular formula is C16H20N2. The SMILES string of the molecule is NC1(c2ccc3ncccc3c2)CCCCCC1. The van der Waals surface area contributed by atoms with Gasteiger partial charge in [-0.1, -0.05) is 37.8 Å². The third-order valence-electron chi connectivity index (χ3n) is 4.17. The predicted molar refractivity (Wildman–Crippen MR) is 75.3 cm³/mol. The Morgan fingerprint density at radius 2 is 1.78 bits per heavy atom. The summed E-state index contributed by atoms with van der Waals surface area (Å²) in [6, 6.07) is 10.6. The maximum atomic E-state index is 6.65. The molecule has 1 aliphatic carbocycles. The van der Waals surface area contributed by atoms with Gasteiger partial charge in [0.05, 0.1) is 5.52 Å². The van der Waals surface area contributed by atoms with Crippen LogP contribution in [0.15, 0.2) is 36.5 Å². The Hall–Kier alpha value is -1.41. The number of nitrogens with two attached hydrogens (primary N) is 1. The Morgan fingerprint density at radius 1 is 1.00 bits per heavy atom. The van der Waals surface area contributed by atoms with Gasteiger partial charge in [0.1, 0.15) is 0 Å². The summed E-state index contributed by atoms with van der Waals surface area (Å²) in [5.74, 6) is 0. The molecule has 1 aliphatic rings. The molecule has 0 atom stereocenters. The van der Waals surface area contributed by atoms with Crippen LogP contribution in [0.4, 0.5) is 0 Å². The summed E-state index contributed by atoms with van der Waals surface area (Å²) in [6.07, 6.45) is 9.22. The monoisotopic (exact) mass is 240 g/mol. The lowest BCUT2D eigenvalue weighted by atomic mass is 9.83. The van der Waals surface area contributed by atoms with E-state index in [0.29, 0.717) is 0 Å². The summed E-state index contributed by atoms with van der Waals surface area (Å²) in [7, 11) is 0. The number of aromatic nitrogens is 1. The van der Waals surface area contributed by atoms with Crippen LogP contribution in [0.25, 0.3) is 10.9 Å². The minimum atomic E-state index is -0.124. The van der Waals surface area contributed by atoms with Crippen molar-refractivity contribution in [1.29, 1.82) is 0 Å². The van der Waals surface area contributed by atoms with Gasteiger partial charge in [0.25, 0.3) is 0 Å². The van der Waals surface area contributed by atoms with Gasteiger partial charge in [0.15, 0.2) is 0 Å². The second kappa shape index (κ2) is 4.69. The summed E-state index contributed by atoms with van der Waals surface area (Å²) in [6.45, 7) is 0. The van der Waals surface area contributed by atoms with Crippen molar-refractivity contribution in [2.45, 2.75) is 44.1 Å². The van der Waals surface area contributed by atoms with E-state index in [2.05, 4.69) is 29.2 Å². The van der Waals surface area contributed by atoms with Crippen LogP contribution in [0, 0.1) is 0 Å². The van der Waals surface area contributed by atoms with Crippen molar-refractivity contribution in [2.75, 3.05) is 0 Å². The molecular weight excluding hydrogens is 220 g/mol. The summed E-state index contributed by atoms with van der Waals surface area (Å²) >= 11 is 0. The molecule has 18 heavy (non-hydrogen) atoms. The Kier molecular flexibility index (Phi) is 3.04. The van der Waals surface area contributed by atoms with Crippen molar-refractivity contribution in [3.05, 3.63) is 42.1 Å². The first-order valence-corrected chi connectivity index (χ1v) is 6.92. The summed E-state index contributed by atoms with van der Waals surface area (Å²) in [5.41, 5.74) is 8.86. The zero-order chi connectivity index (χ0) is 12.4. The maximum Gasteiger partial charge on any atom is 0.0702 e. The van der Waals surface area contributed by atoms with Gasteiger partial charge in [-0.05, 0) is 36.6 Å². The van der Waals surface area contributed by atoms with Crippen LogP contribution in [-0.2, 0) is 5.54 Å². The normalized spacial score (nSPS) is 19.6. The van der Waals surface area contributed by atoms with Crippen molar-refractivity contribution < 1.29 is 0 Å². The van der Waals surface area contributed by atoms with Crippen LogP contribution in [0.2, 0.25) is 0 Å². The molecule has 0 radical (unpaired) electrons. The van der Waals surface area contributed by atoms with E-state index < -0.39 is 0 Å². The topological polar surface area (TPSA) is 38.9 Å². The number of hydrogen-bond donors (Lipinski definition) is 1. The molecule has 2 N–H and O–H groups in total. The molecule has 2 heteroatoms. The van der Waals surface area contributed by atoms with Crippen molar-refractivity contribution in [2.24, 2.45) is 5.73 Å². The highest BCUT2D eigenvalue weighted by Gasteiger charge is 2.28. The smallest absolute Gasteiger partial charge is 0.0702 e. The number of hydrogen-bond acceptors (Lipinski definition) is 2. The van der Waals surface area contributed by atoms with Gasteiger partial charge in [-0.2, -0.15) is 0 Å². The summed E-state index contributed by atoms with van der Waals surface area (Å²) < 4.78 is 0. The van der Waals surface area contributed by atoms with E-state index in [4.69, 9.17) is 5.73 Å². The zero-order valence-corrected chi connectivity index (χ0v) is 10.7. The Morgan fingerprint density at radius 3 is 2.56 bits per heavy atom. The van der Waals surface area contributed by atoms with Crippen molar-refractivity contribution >= 4 is 10.9 Å². The minimum Gasteiger partial charge on any atom is -0.321 e. The van der Waals surface area contributed by atoms with Crippen molar-refractivity contribution in [3.8, 4) is 0 Å². The lowest BCUT2D eigenvalue weighted by Gasteiger charge is -2.29. The first-order chi connectivity index (χ1) is 8.78. The zero-order valence-electron chi connectivity index (χ0n) is 10.7. The number of pyridine rings is 1. The van der Waals surface area contributed by atoms with E-state index in [9.17, 15) is 0 Å². The van der Waals surface area contributed by atoms with E-state index >= 15 is 0 Å². The van der Waals surface area contributed by atoms with Gasteiger partial charge < -0.3 is 5.73 Å². The molecule has 0 unspecified atom stereocenters. The van der Waals surface area contributed by atoms with Gasteiger partial charge in [-0.15, -0.1) is 0 Å². The van der Waals surface area contributed by atoms with Crippen LogP contribution >= 0.6 is 0 Å². The van der Waals surface area contributed by atoms with Crippen LogP contribution < -0.4 is 5.73 Å². The summed E-state index contributed by atoms with van der Waals surface area (Å²) in [5, 5.41) is 1.20. The number of fused-ring (bicyclic) bond motifs is 1. The largest absolute Gasteiger partial charge is 0.321 e. The highest BCUT2D eigenvalue weighted by molar-refractivity contribution is 5.79. The molecule has 1 aromatic carbocycles. The molecule has 94 valence electrons. The highest BCUT2D eigenvalue weighted by atomic mass is 14.7. The second-order valence-electron chi connectivity index (χ2n) is 5.48. The Bertz CT molecular complexity index is 540. The Labute approximate surface area is 108 Å². The van der Waals surface area contributed by atoms with Gasteiger partial charge in [0.2, 0.25) is 0 Å². The van der Waals surface area contributed by atoms with Crippen molar-refractivity contribution in [3.63, 3.8) is 0 Å². The first-order valence-electron chi connectivity index (χ1n) is 6.92. The van der Waals surface area contributed by atoms with Gasteiger partial charge in [-0.3, -0.25) is 4.98 Å². The minimum absolute atomic E-state index is 0.124. The third-order valence-corrected chi connectivity index (χ3v) is 4.17. The number of rotatable bonds is 1. The van der Waals surface area contributed by atoms with E-state index in [1.165, 1.54) is 36.6 Å². The average molecular weight is 240 g/mol. The predicted octanol–water partition coefficient (Wildman–Crippen LogP) is 3.74. The first kappa shape index (κ1) is 11.7. The fraction of sp³-hybridized carbons (Fsp3) is 0.438. The molecule has 0 spiro atoms. The number of benzene rings is 1. The van der Waals surface area contributed by atoms with Crippen LogP contribution in [0.3, 0.4) is 0 Å². The molecule has 0 bridgehead atoms. The molecule has 1 saturated carbocycles. The second-order valence-corrected chi connectivity index (χ2v) is 5.48. The number of nitrogens with zero attached hydrogens (tertiary/aromatic N) is 1. The molecule has 1 heterocycles. The van der Waals surface area contributed by atoms with E-state index in [1.54, 1.807) is 0 Å². The standard InChI is InChI=1S/C16H20N2/c17-16(9-3-1-2-4-10-16)14-7-8-15-13(12-14)6-5-11-18-15/h5-8,11-12H,1-4,9-10,17H2. The van der Waals surface area contributed by atoms with Gasteiger partial charge >= 0.3 is 0 Å². The van der Waals surface area contributed by atoms with Crippen LogP contribution in [-0.4, -0.2) is 4.98 Å². The summed E-state index contributed by atoms with van der Waals surface area (Å²) in [4.78, 5) is 4.37. The molecule has 2 nitrogen and oxygen atoms in total. The fourth-order valence-electron chi connectivity index (χ4n) is 3.03. The molecule has 2 aromatic rings. The van der Waals surface area contributed by atoms with E-state index in [1.807, 2.05) is 12.3 Å². The third kappa shape index (κ3) is 2.13. The van der Waals surface area contributed by atoms with Crippen LogP contribution in [0.1, 0.15) is 44.1 Å². The molecule has 1 fully saturated rings. The molecule has 1 aromatic heterocycles. The highest BCUT2D eigenvalue weighted by Crippen LogP contribution is 2.34. The molecule has 0 aliphatic heterocycles.